The maximum Gasteiger partial charge on any atom is 0.170 e. The second kappa shape index (κ2) is 7.06. The van der Waals surface area contributed by atoms with Gasteiger partial charge in [0, 0.05) is 35.9 Å². The van der Waals surface area contributed by atoms with Crippen LogP contribution in [0, 0.1) is 0 Å². The summed E-state index contributed by atoms with van der Waals surface area (Å²) in [7, 11) is 3.90. The Morgan fingerprint density at radius 1 is 1.27 bits per heavy atom. The Bertz CT molecular complexity index is 595. The molecule has 4 heteroatoms. The smallest absolute Gasteiger partial charge is 0.170 e. The van der Waals surface area contributed by atoms with E-state index in [-0.39, 0.29) is 5.78 Å². The van der Waals surface area contributed by atoms with Gasteiger partial charge in [-0.2, -0.15) is 0 Å². The minimum absolute atomic E-state index is 0.199. The Morgan fingerprint density at radius 2 is 2.00 bits per heavy atom. The first-order valence-electron chi connectivity index (χ1n) is 7.78. The molecule has 0 heterocycles. The third kappa shape index (κ3) is 3.33. The van der Waals surface area contributed by atoms with Gasteiger partial charge in [-0.15, -0.1) is 0 Å². The van der Waals surface area contributed by atoms with E-state index in [1.807, 2.05) is 31.3 Å². The molecule has 0 amide bonds. The van der Waals surface area contributed by atoms with Crippen molar-refractivity contribution in [3.8, 4) is 0 Å². The molecule has 0 aliphatic heterocycles. The number of allylic oxidation sites excluding steroid dienone is 1. The van der Waals surface area contributed by atoms with Crippen molar-refractivity contribution in [1.82, 2.24) is 4.90 Å². The molecule has 0 spiro atoms. The van der Waals surface area contributed by atoms with Gasteiger partial charge in [0.05, 0.1) is 5.41 Å². The molecule has 0 N–H and O–H groups in total. The molecule has 0 bridgehead atoms. The first-order valence-corrected chi connectivity index (χ1v) is 8.54. The van der Waals surface area contributed by atoms with Crippen LogP contribution in [0.4, 0.5) is 0 Å². The Morgan fingerprint density at radius 3 is 2.64 bits per heavy atom. The molecule has 1 aliphatic carbocycles. The summed E-state index contributed by atoms with van der Waals surface area (Å²) in [6.07, 6.45) is 6.40. The van der Waals surface area contributed by atoms with Crippen LogP contribution in [-0.2, 0) is 10.2 Å². The van der Waals surface area contributed by atoms with Gasteiger partial charge in [0.25, 0.3) is 0 Å². The molecule has 1 fully saturated rings. The highest BCUT2D eigenvalue weighted by atomic mass is 35.5. The van der Waals surface area contributed by atoms with Gasteiger partial charge in [-0.05, 0) is 49.4 Å². The quantitative estimate of drug-likeness (QED) is 0.555. The Kier molecular flexibility index (Phi) is 5.57. The summed E-state index contributed by atoms with van der Waals surface area (Å²) < 4.78 is 0. The number of benzene rings is 1. The molecule has 1 saturated carbocycles. The Balaban J connectivity index is 2.59. The zero-order valence-corrected chi connectivity index (χ0v) is 15.0. The van der Waals surface area contributed by atoms with E-state index >= 15 is 0 Å². The van der Waals surface area contributed by atoms with Gasteiger partial charge >= 0.3 is 0 Å². The molecule has 1 aromatic rings. The van der Waals surface area contributed by atoms with E-state index in [0.717, 1.165) is 43.2 Å². The molecule has 1 aromatic carbocycles. The molecule has 120 valence electrons. The number of halogens is 2. The van der Waals surface area contributed by atoms with Gasteiger partial charge in [-0.25, -0.2) is 0 Å². The van der Waals surface area contributed by atoms with Gasteiger partial charge in [0.1, 0.15) is 0 Å². The van der Waals surface area contributed by atoms with E-state index < -0.39 is 5.41 Å². The summed E-state index contributed by atoms with van der Waals surface area (Å²) in [5.41, 5.74) is 1.21. The minimum Gasteiger partial charge on any atom is -0.383 e. The zero-order chi connectivity index (χ0) is 16.3. The monoisotopic (exact) mass is 339 g/mol. The van der Waals surface area contributed by atoms with Crippen LogP contribution in [0.15, 0.2) is 30.0 Å². The summed E-state index contributed by atoms with van der Waals surface area (Å²) in [5, 5.41) is 1.26. The molecule has 1 unspecified atom stereocenters. The zero-order valence-electron chi connectivity index (χ0n) is 13.5. The average Bonchev–Trinajstić information content (AvgIpc) is 2.62. The standard InChI is InChI=1S/C18H23Cl2NO/c1-4-18(15-11-14(19)8-9-16(15)20)10-6-5-7-13(17(18)22)12-21(2)3/h8-9,11-12H,4-7,10H2,1-3H3. The predicted octanol–water partition coefficient (Wildman–Crippen LogP) is 5.23. The maximum absolute atomic E-state index is 13.3. The largest absolute Gasteiger partial charge is 0.383 e. The lowest BCUT2D eigenvalue weighted by atomic mass is 9.70. The van der Waals surface area contributed by atoms with Crippen LogP contribution >= 0.6 is 23.2 Å². The van der Waals surface area contributed by atoms with E-state index in [1.54, 1.807) is 12.1 Å². The van der Waals surface area contributed by atoms with Gasteiger partial charge in [-0.3, -0.25) is 4.79 Å². The van der Waals surface area contributed by atoms with Crippen molar-refractivity contribution in [2.75, 3.05) is 14.1 Å². The molecule has 0 saturated heterocycles. The number of ketones is 1. The first-order chi connectivity index (χ1) is 10.4. The van der Waals surface area contributed by atoms with E-state index in [0.29, 0.717) is 10.0 Å². The second-order valence-corrected chi connectivity index (χ2v) is 7.06. The molecule has 0 aromatic heterocycles. The van der Waals surface area contributed by atoms with Gasteiger partial charge in [0.2, 0.25) is 0 Å². The van der Waals surface area contributed by atoms with Crippen molar-refractivity contribution in [3.63, 3.8) is 0 Å². The fourth-order valence-electron chi connectivity index (χ4n) is 3.36. The van der Waals surface area contributed by atoms with Crippen molar-refractivity contribution in [3.05, 3.63) is 45.6 Å². The summed E-state index contributed by atoms with van der Waals surface area (Å²) in [5.74, 6) is 0.199. The Labute approximate surface area is 143 Å². The van der Waals surface area contributed by atoms with Crippen molar-refractivity contribution in [1.29, 1.82) is 0 Å². The Hall–Kier alpha value is -0.990. The van der Waals surface area contributed by atoms with E-state index in [2.05, 4.69) is 6.92 Å². The molecule has 1 aliphatic rings. The van der Waals surface area contributed by atoms with Crippen molar-refractivity contribution in [2.45, 2.75) is 44.4 Å². The number of carbonyl (C=O) groups excluding carboxylic acids is 1. The summed E-state index contributed by atoms with van der Waals surface area (Å²) in [6, 6.07) is 5.43. The van der Waals surface area contributed by atoms with E-state index in [1.165, 1.54) is 0 Å². The number of carbonyl (C=O) groups is 1. The number of Topliss-reactive ketones (excluding diaryl/α,β-unsaturated/α-hetero) is 1. The fourth-order valence-corrected chi connectivity index (χ4v) is 3.83. The maximum atomic E-state index is 13.3. The molecule has 22 heavy (non-hydrogen) atoms. The lowest BCUT2D eigenvalue weighted by molar-refractivity contribution is -0.121. The van der Waals surface area contributed by atoms with Crippen molar-refractivity contribution < 1.29 is 4.79 Å². The normalized spacial score (nSPS) is 24.4. The summed E-state index contributed by atoms with van der Waals surface area (Å²) >= 11 is 12.6. The minimum atomic E-state index is -0.555. The number of hydrogen-bond donors (Lipinski definition) is 0. The molecule has 2 nitrogen and oxygen atoms in total. The predicted molar refractivity (Wildman–Crippen MR) is 93.7 cm³/mol. The molecule has 1 atom stereocenters. The second-order valence-electron chi connectivity index (χ2n) is 6.21. The van der Waals surface area contributed by atoms with Gasteiger partial charge in [0.15, 0.2) is 5.78 Å². The fraction of sp³-hybridized carbons (Fsp3) is 0.500. The van der Waals surface area contributed by atoms with Crippen LogP contribution in [0.5, 0.6) is 0 Å². The van der Waals surface area contributed by atoms with Crippen LogP contribution in [-0.4, -0.2) is 24.8 Å². The highest BCUT2D eigenvalue weighted by Crippen LogP contribution is 2.43. The third-order valence-electron chi connectivity index (χ3n) is 4.49. The van der Waals surface area contributed by atoms with Crippen molar-refractivity contribution >= 4 is 29.0 Å². The number of rotatable bonds is 3. The highest BCUT2D eigenvalue weighted by Gasteiger charge is 2.42. The lowest BCUT2D eigenvalue weighted by Crippen LogP contribution is -2.36. The number of hydrogen-bond acceptors (Lipinski definition) is 2. The highest BCUT2D eigenvalue weighted by molar-refractivity contribution is 6.34. The van der Waals surface area contributed by atoms with Crippen molar-refractivity contribution in [2.24, 2.45) is 0 Å². The SMILES string of the molecule is CCC1(c2cc(Cl)ccc2Cl)CCCCC(=CN(C)C)C1=O. The summed E-state index contributed by atoms with van der Waals surface area (Å²) in [6.45, 7) is 2.06. The van der Waals surface area contributed by atoms with Gasteiger partial charge in [-0.1, -0.05) is 36.5 Å². The van der Waals surface area contributed by atoms with Crippen LogP contribution in [0.2, 0.25) is 10.0 Å². The van der Waals surface area contributed by atoms with Gasteiger partial charge < -0.3 is 4.90 Å². The molecule has 0 radical (unpaired) electrons. The van der Waals surface area contributed by atoms with E-state index in [4.69, 9.17) is 23.2 Å². The van der Waals surface area contributed by atoms with Crippen LogP contribution in [0.3, 0.4) is 0 Å². The molecular weight excluding hydrogens is 317 g/mol. The lowest BCUT2D eigenvalue weighted by Gasteiger charge is -2.32. The van der Waals surface area contributed by atoms with Crippen LogP contribution in [0.25, 0.3) is 0 Å². The molecule has 2 rings (SSSR count). The first kappa shape index (κ1) is 17.4. The van der Waals surface area contributed by atoms with Crippen LogP contribution < -0.4 is 0 Å². The molecular formula is C18H23Cl2NO. The van der Waals surface area contributed by atoms with E-state index in [9.17, 15) is 4.79 Å². The average molecular weight is 340 g/mol. The van der Waals surface area contributed by atoms with Crippen LogP contribution in [0.1, 0.15) is 44.6 Å². The number of nitrogens with zero attached hydrogens (tertiary/aromatic N) is 1. The topological polar surface area (TPSA) is 20.3 Å². The third-order valence-corrected chi connectivity index (χ3v) is 5.05. The summed E-state index contributed by atoms with van der Waals surface area (Å²) in [4.78, 5) is 15.2.